The molecule has 2 aromatic rings. The van der Waals surface area contributed by atoms with E-state index in [9.17, 15) is 4.79 Å². The van der Waals surface area contributed by atoms with Gasteiger partial charge in [0.05, 0.1) is 19.9 Å². The second kappa shape index (κ2) is 6.60. The quantitative estimate of drug-likeness (QED) is 0.507. The summed E-state index contributed by atoms with van der Waals surface area (Å²) in [6, 6.07) is 5.17. The molecular weight excluding hydrogens is 393 g/mol. The van der Waals surface area contributed by atoms with Crippen LogP contribution in [0, 0.1) is 0 Å². The van der Waals surface area contributed by atoms with Crippen LogP contribution in [0.15, 0.2) is 22.7 Å². The van der Waals surface area contributed by atoms with E-state index in [1.165, 1.54) is 6.92 Å². The minimum absolute atomic E-state index is 0.0279. The summed E-state index contributed by atoms with van der Waals surface area (Å²) in [5.74, 6) is 0.162. The van der Waals surface area contributed by atoms with Crippen molar-refractivity contribution in [1.29, 1.82) is 0 Å². The van der Waals surface area contributed by atoms with E-state index in [-0.39, 0.29) is 6.61 Å². The molecule has 0 N–H and O–H groups in total. The third-order valence-electron chi connectivity index (χ3n) is 2.95. The fourth-order valence-electron chi connectivity index (χ4n) is 2.00. The minimum atomic E-state index is -0.485. The molecule has 118 valence electrons. The molecule has 7 heteroatoms. The lowest BCUT2D eigenvalue weighted by Gasteiger charge is -2.14. The van der Waals surface area contributed by atoms with Crippen LogP contribution in [0.1, 0.15) is 32.1 Å². The molecule has 0 saturated carbocycles. The number of aromatic nitrogens is 1. The molecule has 1 heterocycles. The zero-order chi connectivity index (χ0) is 16.5. The number of rotatable bonds is 4. The molecule has 0 radical (unpaired) electrons. The first-order valence-electron chi connectivity index (χ1n) is 6.47. The number of alkyl halides is 1. The highest BCUT2D eigenvalue weighted by atomic mass is 79.9. The van der Waals surface area contributed by atoms with Crippen molar-refractivity contribution in [3.63, 3.8) is 0 Å². The first kappa shape index (κ1) is 17.3. The topological polar surface area (TPSA) is 52.3 Å². The van der Waals surface area contributed by atoms with E-state index >= 15 is 0 Å². The molecule has 0 spiro atoms. The van der Waals surface area contributed by atoms with Gasteiger partial charge in [-0.15, -0.1) is 0 Å². The van der Waals surface area contributed by atoms with Gasteiger partial charge in [-0.2, -0.15) is 0 Å². The monoisotopic (exact) mass is 405 g/mol. The van der Waals surface area contributed by atoms with Crippen LogP contribution in [-0.2, 0) is 20.5 Å². The Labute approximate surface area is 146 Å². The summed E-state index contributed by atoms with van der Waals surface area (Å²) < 4.78 is 10.1. The van der Waals surface area contributed by atoms with E-state index < -0.39 is 10.3 Å². The molecule has 0 aliphatic heterocycles. The Morgan fingerprint density at radius 3 is 2.45 bits per heavy atom. The summed E-state index contributed by atoms with van der Waals surface area (Å²) in [7, 11) is 0. The average Bonchev–Trinajstić information content (AvgIpc) is 2.79. The van der Waals surface area contributed by atoms with Crippen LogP contribution in [0.5, 0.6) is 0 Å². The van der Waals surface area contributed by atoms with Gasteiger partial charge < -0.3 is 9.26 Å². The molecule has 0 bridgehead atoms. The standard InChI is InChI=1S/C15H14BrCl2NO3/c1-8(20)21-7-9-13(19-22-14(9)15(2,3)16)12-10(17)5-4-6-11(12)18/h4-6H,7H2,1-3H3. The summed E-state index contributed by atoms with van der Waals surface area (Å²) in [5.41, 5.74) is 1.66. The molecule has 0 aliphatic carbocycles. The van der Waals surface area contributed by atoms with Crippen LogP contribution in [-0.4, -0.2) is 11.1 Å². The molecule has 0 unspecified atom stereocenters. The van der Waals surface area contributed by atoms with Gasteiger partial charge in [-0.25, -0.2) is 0 Å². The number of hydrogen-bond donors (Lipinski definition) is 0. The third kappa shape index (κ3) is 3.65. The molecule has 0 amide bonds. The van der Waals surface area contributed by atoms with Gasteiger partial charge >= 0.3 is 5.97 Å². The first-order chi connectivity index (χ1) is 10.2. The molecule has 1 aromatic carbocycles. The molecule has 2 rings (SSSR count). The van der Waals surface area contributed by atoms with E-state index in [0.29, 0.717) is 32.6 Å². The van der Waals surface area contributed by atoms with E-state index in [1.54, 1.807) is 18.2 Å². The number of halogens is 3. The Kier molecular flexibility index (Phi) is 5.20. The fourth-order valence-corrected chi connectivity index (χ4v) is 2.89. The minimum Gasteiger partial charge on any atom is -0.461 e. The number of hydrogen-bond acceptors (Lipinski definition) is 4. The highest BCUT2D eigenvalue weighted by Crippen LogP contribution is 2.41. The molecule has 1 aromatic heterocycles. The molecule has 0 saturated heterocycles. The summed E-state index contributed by atoms with van der Waals surface area (Å²) in [6.07, 6.45) is 0. The fraction of sp³-hybridized carbons (Fsp3) is 0.333. The number of ether oxygens (including phenoxy) is 1. The van der Waals surface area contributed by atoms with Crippen molar-refractivity contribution < 1.29 is 14.1 Å². The Morgan fingerprint density at radius 1 is 1.36 bits per heavy atom. The van der Waals surface area contributed by atoms with Gasteiger partial charge in [0.2, 0.25) is 0 Å². The summed E-state index contributed by atoms with van der Waals surface area (Å²) in [6.45, 7) is 5.18. The van der Waals surface area contributed by atoms with Crippen LogP contribution >= 0.6 is 39.1 Å². The first-order valence-corrected chi connectivity index (χ1v) is 8.02. The SMILES string of the molecule is CC(=O)OCc1c(-c2c(Cl)cccc2Cl)noc1C(C)(C)Br. The van der Waals surface area contributed by atoms with Gasteiger partial charge in [0.1, 0.15) is 12.3 Å². The third-order valence-corrected chi connectivity index (χ3v) is 3.94. The lowest BCUT2D eigenvalue weighted by atomic mass is 10.0. The molecule has 22 heavy (non-hydrogen) atoms. The van der Waals surface area contributed by atoms with Crippen LogP contribution in [0.25, 0.3) is 11.3 Å². The predicted octanol–water partition coefficient (Wildman–Crippen LogP) is 5.34. The number of benzene rings is 1. The van der Waals surface area contributed by atoms with Gasteiger partial charge in [0.25, 0.3) is 0 Å². The second-order valence-corrected chi connectivity index (χ2v) is 7.99. The maximum atomic E-state index is 11.1. The van der Waals surface area contributed by atoms with Crippen LogP contribution in [0.2, 0.25) is 10.0 Å². The smallest absolute Gasteiger partial charge is 0.302 e. The average molecular weight is 407 g/mol. The van der Waals surface area contributed by atoms with Crippen molar-refractivity contribution in [2.24, 2.45) is 0 Å². The van der Waals surface area contributed by atoms with Crippen molar-refractivity contribution >= 4 is 45.1 Å². The maximum Gasteiger partial charge on any atom is 0.302 e. The van der Waals surface area contributed by atoms with Crippen molar-refractivity contribution in [3.05, 3.63) is 39.6 Å². The predicted molar refractivity (Wildman–Crippen MR) is 89.4 cm³/mol. The van der Waals surface area contributed by atoms with Gasteiger partial charge in [0, 0.05) is 12.5 Å². The van der Waals surface area contributed by atoms with Gasteiger partial charge in [-0.05, 0) is 26.0 Å². The zero-order valence-corrected chi connectivity index (χ0v) is 15.3. The molecule has 0 aliphatic rings. The van der Waals surface area contributed by atoms with E-state index in [2.05, 4.69) is 21.1 Å². The van der Waals surface area contributed by atoms with Crippen molar-refractivity contribution in [2.45, 2.75) is 31.7 Å². The normalized spacial score (nSPS) is 11.5. The molecule has 0 atom stereocenters. The Bertz CT molecular complexity index is 687. The van der Waals surface area contributed by atoms with Crippen molar-refractivity contribution in [3.8, 4) is 11.3 Å². The lowest BCUT2D eigenvalue weighted by Crippen LogP contribution is -2.10. The molecular formula is C15H14BrCl2NO3. The van der Waals surface area contributed by atoms with E-state index in [4.69, 9.17) is 32.5 Å². The highest BCUT2D eigenvalue weighted by Gasteiger charge is 2.30. The van der Waals surface area contributed by atoms with Crippen LogP contribution < -0.4 is 0 Å². The number of carbonyl (C=O) groups excluding carboxylic acids is 1. The molecule has 4 nitrogen and oxygen atoms in total. The Balaban J connectivity index is 2.61. The summed E-state index contributed by atoms with van der Waals surface area (Å²) in [4.78, 5) is 11.1. The summed E-state index contributed by atoms with van der Waals surface area (Å²) >= 11 is 16.0. The lowest BCUT2D eigenvalue weighted by molar-refractivity contribution is -0.142. The summed E-state index contributed by atoms with van der Waals surface area (Å²) in [5, 5.41) is 4.98. The van der Waals surface area contributed by atoms with Crippen LogP contribution in [0.4, 0.5) is 0 Å². The van der Waals surface area contributed by atoms with Gasteiger partial charge in [-0.1, -0.05) is 50.4 Å². The number of nitrogens with zero attached hydrogens (tertiary/aromatic N) is 1. The maximum absolute atomic E-state index is 11.1. The largest absolute Gasteiger partial charge is 0.461 e. The van der Waals surface area contributed by atoms with Gasteiger partial charge in [-0.3, -0.25) is 4.79 Å². The second-order valence-electron chi connectivity index (χ2n) is 5.19. The van der Waals surface area contributed by atoms with Gasteiger partial charge in [0.15, 0.2) is 5.76 Å². The van der Waals surface area contributed by atoms with Crippen molar-refractivity contribution in [1.82, 2.24) is 5.16 Å². The zero-order valence-electron chi connectivity index (χ0n) is 12.2. The number of esters is 1. The number of carbonyl (C=O) groups is 1. The molecule has 0 fully saturated rings. The Hall–Kier alpha value is -1.04. The van der Waals surface area contributed by atoms with Crippen molar-refractivity contribution in [2.75, 3.05) is 0 Å². The van der Waals surface area contributed by atoms with E-state index in [1.807, 2.05) is 13.8 Å². The van der Waals surface area contributed by atoms with E-state index in [0.717, 1.165) is 0 Å². The highest BCUT2D eigenvalue weighted by molar-refractivity contribution is 9.09. The Morgan fingerprint density at radius 2 is 1.95 bits per heavy atom. The van der Waals surface area contributed by atoms with Crippen LogP contribution in [0.3, 0.4) is 0 Å².